The molecule has 2 aliphatic rings. The fraction of sp³-hybridized carbons (Fsp3) is 0.474. The van der Waals surface area contributed by atoms with Crippen molar-refractivity contribution in [3.8, 4) is 11.3 Å². The van der Waals surface area contributed by atoms with Crippen LogP contribution in [-0.4, -0.2) is 34.2 Å². The molecule has 0 saturated carbocycles. The number of imidazole rings is 1. The quantitative estimate of drug-likeness (QED) is 0.807. The van der Waals surface area contributed by atoms with E-state index in [0.29, 0.717) is 6.54 Å². The van der Waals surface area contributed by atoms with Crippen LogP contribution in [-0.2, 0) is 22.5 Å². The molecule has 1 fully saturated rings. The highest BCUT2D eigenvalue weighted by Gasteiger charge is 2.29. The van der Waals surface area contributed by atoms with Gasteiger partial charge in [-0.2, -0.15) is 0 Å². The smallest absolute Gasteiger partial charge is 0.253 e. The lowest BCUT2D eigenvalue weighted by Gasteiger charge is -2.12. The van der Waals surface area contributed by atoms with Crippen LogP contribution < -0.4 is 11.1 Å². The Kier molecular flexibility index (Phi) is 7.68. The third-order valence-electron chi connectivity index (χ3n) is 5.02. The third kappa shape index (κ3) is 4.82. The van der Waals surface area contributed by atoms with E-state index in [-0.39, 0.29) is 36.8 Å². The summed E-state index contributed by atoms with van der Waals surface area (Å²) in [7, 11) is 0. The second-order valence-electron chi connectivity index (χ2n) is 6.82. The lowest BCUT2D eigenvalue weighted by atomic mass is 10.1. The average Bonchev–Trinajstić information content (AvgIpc) is 3.29. The molecule has 27 heavy (non-hydrogen) atoms. The zero-order chi connectivity index (χ0) is 17.2. The summed E-state index contributed by atoms with van der Waals surface area (Å²) < 4.78 is 7.88. The highest BCUT2D eigenvalue weighted by Crippen LogP contribution is 2.25. The molecule has 2 aliphatic heterocycles. The molecule has 0 unspecified atom stereocenters. The SMILES string of the molecule is Cl.Cl.NC[C@H]1CC[C@@H](C(=O)Nc2ccc(-c3cn4c(n3)CCCC4)cc2)O1. The monoisotopic (exact) mass is 412 g/mol. The summed E-state index contributed by atoms with van der Waals surface area (Å²) in [6, 6.07) is 7.84. The number of halogens is 2. The first kappa shape index (κ1) is 21.7. The van der Waals surface area contributed by atoms with Crippen LogP contribution in [0.5, 0.6) is 0 Å². The molecule has 8 heteroatoms. The predicted octanol–water partition coefficient (Wildman–Crippen LogP) is 3.17. The van der Waals surface area contributed by atoms with Gasteiger partial charge in [-0.1, -0.05) is 12.1 Å². The van der Waals surface area contributed by atoms with E-state index in [0.717, 1.165) is 42.8 Å². The summed E-state index contributed by atoms with van der Waals surface area (Å²) in [6.45, 7) is 1.52. The number of aryl methyl sites for hydroxylation is 2. The maximum Gasteiger partial charge on any atom is 0.253 e. The van der Waals surface area contributed by atoms with E-state index in [1.54, 1.807) is 0 Å². The molecule has 1 aromatic carbocycles. The van der Waals surface area contributed by atoms with Gasteiger partial charge < -0.3 is 20.4 Å². The van der Waals surface area contributed by atoms with Gasteiger partial charge in [0.25, 0.3) is 5.91 Å². The van der Waals surface area contributed by atoms with Crippen molar-refractivity contribution in [3.05, 3.63) is 36.3 Å². The molecule has 1 aromatic heterocycles. The fourth-order valence-corrected chi connectivity index (χ4v) is 3.57. The Morgan fingerprint density at radius 1 is 1.22 bits per heavy atom. The minimum Gasteiger partial charge on any atom is -0.364 e. The maximum atomic E-state index is 12.3. The van der Waals surface area contributed by atoms with Crippen LogP contribution in [0, 0.1) is 0 Å². The number of amides is 1. The zero-order valence-electron chi connectivity index (χ0n) is 15.1. The molecule has 148 valence electrons. The van der Waals surface area contributed by atoms with Gasteiger partial charge in [-0.15, -0.1) is 24.8 Å². The van der Waals surface area contributed by atoms with Gasteiger partial charge in [-0.05, 0) is 37.8 Å². The molecule has 0 radical (unpaired) electrons. The second kappa shape index (κ2) is 9.55. The Bertz CT molecular complexity index is 740. The van der Waals surface area contributed by atoms with Gasteiger partial charge in [-0.25, -0.2) is 4.98 Å². The molecule has 2 atom stereocenters. The summed E-state index contributed by atoms with van der Waals surface area (Å²) in [4.78, 5) is 17.0. The van der Waals surface area contributed by atoms with Crippen LogP contribution in [0.2, 0.25) is 0 Å². The Labute approximate surface area is 171 Å². The molecule has 3 heterocycles. The van der Waals surface area contributed by atoms with Crippen LogP contribution in [0.1, 0.15) is 31.5 Å². The minimum absolute atomic E-state index is 0. The van der Waals surface area contributed by atoms with E-state index in [1.807, 2.05) is 24.3 Å². The van der Waals surface area contributed by atoms with Gasteiger partial charge in [0.1, 0.15) is 11.9 Å². The lowest BCUT2D eigenvalue weighted by molar-refractivity contribution is -0.126. The van der Waals surface area contributed by atoms with Crippen molar-refractivity contribution in [2.45, 2.75) is 50.9 Å². The number of benzene rings is 1. The molecule has 2 aromatic rings. The van der Waals surface area contributed by atoms with E-state index >= 15 is 0 Å². The van der Waals surface area contributed by atoms with Crippen molar-refractivity contribution >= 4 is 36.4 Å². The standard InChI is InChI=1S/C19H24N4O2.2ClH/c20-11-15-8-9-17(25-15)19(24)21-14-6-4-13(5-7-14)16-12-23-10-2-1-3-18(23)22-16;;/h4-7,12,15,17H,1-3,8-11,20H2,(H,21,24);2*1H/t15-,17+;;/m1../s1. The molecule has 3 N–H and O–H groups in total. The number of hydrogen-bond donors (Lipinski definition) is 2. The number of nitrogens with one attached hydrogen (secondary N) is 1. The van der Waals surface area contributed by atoms with Crippen molar-refractivity contribution in [1.82, 2.24) is 9.55 Å². The van der Waals surface area contributed by atoms with Crippen molar-refractivity contribution in [2.24, 2.45) is 5.73 Å². The molecular formula is C19H26Cl2N4O2. The lowest BCUT2D eigenvalue weighted by Crippen LogP contribution is -2.29. The number of ether oxygens (including phenoxy) is 1. The maximum absolute atomic E-state index is 12.3. The fourth-order valence-electron chi connectivity index (χ4n) is 3.57. The van der Waals surface area contributed by atoms with E-state index in [4.69, 9.17) is 15.5 Å². The summed E-state index contributed by atoms with van der Waals surface area (Å²) in [5.74, 6) is 1.08. The molecule has 0 spiro atoms. The van der Waals surface area contributed by atoms with Gasteiger partial charge in [0.2, 0.25) is 0 Å². The molecule has 1 saturated heterocycles. The van der Waals surface area contributed by atoms with E-state index in [1.165, 1.54) is 18.7 Å². The van der Waals surface area contributed by atoms with E-state index in [9.17, 15) is 4.79 Å². The minimum atomic E-state index is -0.395. The van der Waals surface area contributed by atoms with Crippen LogP contribution in [0.3, 0.4) is 0 Å². The molecule has 0 aliphatic carbocycles. The first-order valence-electron chi connectivity index (χ1n) is 9.06. The Morgan fingerprint density at radius 2 is 2.00 bits per heavy atom. The summed E-state index contributed by atoms with van der Waals surface area (Å²) in [6.07, 6.45) is 6.81. The van der Waals surface area contributed by atoms with Gasteiger partial charge >= 0.3 is 0 Å². The molecule has 1 amide bonds. The first-order chi connectivity index (χ1) is 12.2. The number of carbonyl (C=O) groups excluding carboxylic acids is 1. The van der Waals surface area contributed by atoms with Gasteiger partial charge in [0.05, 0.1) is 11.8 Å². The van der Waals surface area contributed by atoms with Crippen molar-refractivity contribution in [3.63, 3.8) is 0 Å². The van der Waals surface area contributed by atoms with Crippen LogP contribution in [0.4, 0.5) is 5.69 Å². The Hall–Kier alpha value is -1.60. The summed E-state index contributed by atoms with van der Waals surface area (Å²) >= 11 is 0. The predicted molar refractivity (Wildman–Crippen MR) is 111 cm³/mol. The largest absolute Gasteiger partial charge is 0.364 e. The number of nitrogens with zero attached hydrogens (tertiary/aromatic N) is 2. The number of anilines is 1. The van der Waals surface area contributed by atoms with Crippen molar-refractivity contribution in [1.29, 1.82) is 0 Å². The number of rotatable bonds is 4. The Balaban J connectivity index is 0.00000131. The van der Waals surface area contributed by atoms with E-state index in [2.05, 4.69) is 16.1 Å². The highest BCUT2D eigenvalue weighted by atomic mass is 35.5. The zero-order valence-corrected chi connectivity index (χ0v) is 16.7. The number of aromatic nitrogens is 2. The topological polar surface area (TPSA) is 82.2 Å². The Morgan fingerprint density at radius 3 is 2.67 bits per heavy atom. The van der Waals surface area contributed by atoms with Gasteiger partial charge in [-0.3, -0.25) is 4.79 Å². The van der Waals surface area contributed by atoms with Crippen molar-refractivity contribution < 1.29 is 9.53 Å². The first-order valence-corrected chi connectivity index (χ1v) is 9.06. The summed E-state index contributed by atoms with van der Waals surface area (Å²) in [5, 5.41) is 2.93. The normalized spacial score (nSPS) is 20.9. The van der Waals surface area contributed by atoms with Crippen LogP contribution >= 0.6 is 24.8 Å². The van der Waals surface area contributed by atoms with Gasteiger partial charge in [0.15, 0.2) is 0 Å². The number of carbonyl (C=O) groups is 1. The number of fused-ring (bicyclic) bond motifs is 1. The molecule has 0 bridgehead atoms. The van der Waals surface area contributed by atoms with Crippen molar-refractivity contribution in [2.75, 3.05) is 11.9 Å². The van der Waals surface area contributed by atoms with Crippen LogP contribution in [0.25, 0.3) is 11.3 Å². The average molecular weight is 413 g/mol. The number of nitrogens with two attached hydrogens (primary N) is 1. The highest BCUT2D eigenvalue weighted by molar-refractivity contribution is 5.94. The molecular weight excluding hydrogens is 387 g/mol. The molecule has 6 nitrogen and oxygen atoms in total. The third-order valence-corrected chi connectivity index (χ3v) is 5.02. The number of hydrogen-bond acceptors (Lipinski definition) is 4. The summed E-state index contributed by atoms with van der Waals surface area (Å²) in [5.41, 5.74) is 8.44. The van der Waals surface area contributed by atoms with Gasteiger partial charge in [0, 0.05) is 37.0 Å². The van der Waals surface area contributed by atoms with E-state index < -0.39 is 6.10 Å². The molecule has 4 rings (SSSR count). The van der Waals surface area contributed by atoms with Crippen LogP contribution in [0.15, 0.2) is 30.5 Å². The second-order valence-corrected chi connectivity index (χ2v) is 6.82.